The van der Waals surface area contributed by atoms with Crippen molar-refractivity contribution in [2.45, 2.75) is 0 Å². The lowest BCUT2D eigenvalue weighted by Gasteiger charge is -1.92. The molecular weight excluding hydrogens is 184 g/mol. The SMILES string of the molecule is OO.OO.c1ccc2ccccc2c1. The molecule has 0 amide bonds. The lowest BCUT2D eigenvalue weighted by molar-refractivity contribution is -0.176. The Bertz CT molecular complexity index is 283. The van der Waals surface area contributed by atoms with E-state index >= 15 is 0 Å². The van der Waals surface area contributed by atoms with Gasteiger partial charge in [-0.15, -0.1) is 0 Å². The maximum absolute atomic E-state index is 6.00. The molecule has 0 unspecified atom stereocenters. The number of hydrogen-bond donors (Lipinski definition) is 4. The molecule has 0 atom stereocenters. The first-order valence-electron chi connectivity index (χ1n) is 3.80. The highest BCUT2D eigenvalue weighted by Gasteiger charge is 1.85. The summed E-state index contributed by atoms with van der Waals surface area (Å²) in [7, 11) is 0. The van der Waals surface area contributed by atoms with Gasteiger partial charge in [0.25, 0.3) is 0 Å². The molecule has 0 radical (unpaired) electrons. The number of rotatable bonds is 0. The van der Waals surface area contributed by atoms with E-state index < -0.39 is 0 Å². The van der Waals surface area contributed by atoms with Crippen molar-refractivity contribution in [1.82, 2.24) is 0 Å². The Morgan fingerprint density at radius 3 is 0.929 bits per heavy atom. The number of benzene rings is 2. The van der Waals surface area contributed by atoms with E-state index in [1.807, 2.05) is 0 Å². The molecule has 14 heavy (non-hydrogen) atoms. The van der Waals surface area contributed by atoms with Crippen LogP contribution in [-0.2, 0) is 0 Å². The van der Waals surface area contributed by atoms with Gasteiger partial charge >= 0.3 is 0 Å². The molecule has 0 aliphatic heterocycles. The molecule has 0 saturated heterocycles. The van der Waals surface area contributed by atoms with Gasteiger partial charge in [0.05, 0.1) is 0 Å². The summed E-state index contributed by atoms with van der Waals surface area (Å²) in [6.45, 7) is 0. The molecule has 76 valence electrons. The summed E-state index contributed by atoms with van der Waals surface area (Å²) in [6, 6.07) is 16.7. The molecule has 4 N–H and O–H groups in total. The Balaban J connectivity index is 0.000000379. The first kappa shape index (κ1) is 12.5. The van der Waals surface area contributed by atoms with E-state index in [9.17, 15) is 0 Å². The highest BCUT2D eigenvalue weighted by Crippen LogP contribution is 2.11. The largest absolute Gasteiger partial charge is 0.255 e. The Hall–Kier alpha value is -1.46. The Labute approximate surface area is 81.2 Å². The highest BCUT2D eigenvalue weighted by atomic mass is 17.0. The molecule has 0 fully saturated rings. The molecule has 0 bridgehead atoms. The third kappa shape index (κ3) is 3.51. The standard InChI is InChI=1S/C10H8.2H2O2/c1-2-6-10-8-4-3-7-9(10)5-1;2*1-2/h1-8H;2*1-2H. The van der Waals surface area contributed by atoms with E-state index in [4.69, 9.17) is 21.0 Å². The first-order valence-corrected chi connectivity index (χ1v) is 3.80. The fraction of sp³-hybridized carbons (Fsp3) is 0. The Kier molecular flexibility index (Phi) is 7.30. The topological polar surface area (TPSA) is 80.9 Å². The lowest BCUT2D eigenvalue weighted by Crippen LogP contribution is -1.67. The average Bonchev–Trinajstić information content (AvgIpc) is 2.34. The van der Waals surface area contributed by atoms with Crippen molar-refractivity contribution < 1.29 is 21.0 Å². The van der Waals surface area contributed by atoms with Crippen LogP contribution >= 0.6 is 0 Å². The van der Waals surface area contributed by atoms with E-state index in [0.29, 0.717) is 0 Å². The van der Waals surface area contributed by atoms with Crippen molar-refractivity contribution in [3.8, 4) is 0 Å². The molecule has 0 saturated carbocycles. The van der Waals surface area contributed by atoms with Crippen LogP contribution in [0.2, 0.25) is 0 Å². The van der Waals surface area contributed by atoms with Crippen molar-refractivity contribution in [3.63, 3.8) is 0 Å². The van der Waals surface area contributed by atoms with E-state index in [1.165, 1.54) is 10.8 Å². The van der Waals surface area contributed by atoms with Crippen molar-refractivity contribution in [1.29, 1.82) is 0 Å². The van der Waals surface area contributed by atoms with Gasteiger partial charge in [-0.2, -0.15) is 0 Å². The third-order valence-electron chi connectivity index (χ3n) is 1.66. The van der Waals surface area contributed by atoms with E-state index in [2.05, 4.69) is 48.5 Å². The van der Waals surface area contributed by atoms with Crippen LogP contribution in [0.15, 0.2) is 48.5 Å². The van der Waals surface area contributed by atoms with Gasteiger partial charge in [-0.1, -0.05) is 48.5 Å². The van der Waals surface area contributed by atoms with Crippen LogP contribution in [0.25, 0.3) is 10.8 Å². The van der Waals surface area contributed by atoms with Gasteiger partial charge in [0.2, 0.25) is 0 Å². The zero-order chi connectivity index (χ0) is 10.8. The maximum Gasteiger partial charge on any atom is -0.0184 e. The summed E-state index contributed by atoms with van der Waals surface area (Å²) in [5, 5.41) is 26.6. The highest BCUT2D eigenvalue weighted by molar-refractivity contribution is 5.81. The molecule has 2 rings (SSSR count). The second kappa shape index (κ2) is 8.15. The van der Waals surface area contributed by atoms with Crippen LogP contribution in [-0.4, -0.2) is 21.0 Å². The second-order valence-electron chi connectivity index (χ2n) is 2.35. The molecule has 0 heterocycles. The predicted molar refractivity (Wildman–Crippen MR) is 54.5 cm³/mol. The van der Waals surface area contributed by atoms with Crippen molar-refractivity contribution >= 4 is 10.8 Å². The minimum atomic E-state index is 1.31. The van der Waals surface area contributed by atoms with Crippen LogP contribution in [0.5, 0.6) is 0 Å². The first-order chi connectivity index (χ1) is 6.97. The van der Waals surface area contributed by atoms with Gasteiger partial charge in [-0.25, -0.2) is 0 Å². The minimum Gasteiger partial charge on any atom is -0.255 e. The Morgan fingerprint density at radius 1 is 0.500 bits per heavy atom. The van der Waals surface area contributed by atoms with Crippen molar-refractivity contribution in [3.05, 3.63) is 48.5 Å². The van der Waals surface area contributed by atoms with Gasteiger partial charge in [-0.3, -0.25) is 21.0 Å². The molecule has 0 spiro atoms. The Morgan fingerprint density at radius 2 is 0.714 bits per heavy atom. The molecule has 0 aliphatic carbocycles. The summed E-state index contributed by atoms with van der Waals surface area (Å²) in [6.07, 6.45) is 0. The monoisotopic (exact) mass is 196 g/mol. The van der Waals surface area contributed by atoms with Crippen LogP contribution in [0.3, 0.4) is 0 Å². The van der Waals surface area contributed by atoms with Crippen LogP contribution < -0.4 is 0 Å². The average molecular weight is 196 g/mol. The van der Waals surface area contributed by atoms with Gasteiger partial charge in [0.1, 0.15) is 0 Å². The van der Waals surface area contributed by atoms with Gasteiger partial charge in [-0.05, 0) is 10.8 Å². The van der Waals surface area contributed by atoms with Gasteiger partial charge < -0.3 is 0 Å². The smallest absolute Gasteiger partial charge is 0.0184 e. The molecular formula is C10H12O4. The molecule has 4 nitrogen and oxygen atoms in total. The summed E-state index contributed by atoms with van der Waals surface area (Å²) in [5.41, 5.74) is 0. The maximum atomic E-state index is 6.00. The summed E-state index contributed by atoms with van der Waals surface area (Å²) < 4.78 is 0. The zero-order valence-corrected chi connectivity index (χ0v) is 7.41. The van der Waals surface area contributed by atoms with Crippen LogP contribution in [0.4, 0.5) is 0 Å². The lowest BCUT2D eigenvalue weighted by atomic mass is 10.1. The number of fused-ring (bicyclic) bond motifs is 1. The fourth-order valence-electron chi connectivity index (χ4n) is 1.13. The fourth-order valence-corrected chi connectivity index (χ4v) is 1.13. The van der Waals surface area contributed by atoms with Crippen LogP contribution in [0, 0.1) is 0 Å². The molecule has 2 aromatic carbocycles. The molecule has 0 aromatic heterocycles. The summed E-state index contributed by atoms with van der Waals surface area (Å²) in [5.74, 6) is 0. The van der Waals surface area contributed by atoms with Crippen molar-refractivity contribution in [2.75, 3.05) is 0 Å². The van der Waals surface area contributed by atoms with E-state index in [-0.39, 0.29) is 0 Å². The van der Waals surface area contributed by atoms with Gasteiger partial charge in [0.15, 0.2) is 0 Å². The van der Waals surface area contributed by atoms with Crippen molar-refractivity contribution in [2.24, 2.45) is 0 Å². The summed E-state index contributed by atoms with van der Waals surface area (Å²) >= 11 is 0. The molecule has 4 heteroatoms. The zero-order valence-electron chi connectivity index (χ0n) is 7.41. The van der Waals surface area contributed by atoms with Gasteiger partial charge in [0, 0.05) is 0 Å². The minimum absolute atomic E-state index is 1.31. The normalized spacial score (nSPS) is 8.00. The predicted octanol–water partition coefficient (Wildman–Crippen LogP) is 2.87. The van der Waals surface area contributed by atoms with E-state index in [1.54, 1.807) is 0 Å². The third-order valence-corrected chi connectivity index (χ3v) is 1.66. The van der Waals surface area contributed by atoms with Crippen LogP contribution in [0.1, 0.15) is 0 Å². The summed E-state index contributed by atoms with van der Waals surface area (Å²) in [4.78, 5) is 0. The second-order valence-corrected chi connectivity index (χ2v) is 2.35. The number of hydrogen-bond acceptors (Lipinski definition) is 4. The quantitative estimate of drug-likeness (QED) is 0.385. The molecule has 2 aromatic rings. The van der Waals surface area contributed by atoms with E-state index in [0.717, 1.165) is 0 Å². The molecule has 0 aliphatic rings.